The van der Waals surface area contributed by atoms with E-state index in [9.17, 15) is 4.79 Å². The van der Waals surface area contributed by atoms with Crippen LogP contribution in [-0.2, 0) is 11.3 Å². The molecule has 1 aromatic heterocycles. The number of ether oxygens (including phenoxy) is 1. The van der Waals surface area contributed by atoms with E-state index in [0.717, 1.165) is 0 Å². The fourth-order valence-corrected chi connectivity index (χ4v) is 2.18. The molecule has 3 rings (SSSR count). The van der Waals surface area contributed by atoms with Crippen molar-refractivity contribution in [2.45, 2.75) is 12.6 Å². The van der Waals surface area contributed by atoms with Gasteiger partial charge in [-0.1, -0.05) is 12.1 Å². The van der Waals surface area contributed by atoms with Crippen LogP contribution in [0.4, 0.5) is 0 Å². The molecule has 0 spiro atoms. The van der Waals surface area contributed by atoms with E-state index in [4.69, 9.17) is 10.5 Å². The Morgan fingerprint density at radius 3 is 3.12 bits per heavy atom. The number of hydrogen-bond acceptors (Lipinski definition) is 4. The van der Waals surface area contributed by atoms with Gasteiger partial charge in [0, 0.05) is 6.54 Å². The minimum absolute atomic E-state index is 0.00708. The quantitative estimate of drug-likeness (QED) is 0.772. The Kier molecular flexibility index (Phi) is 2.42. The zero-order valence-corrected chi connectivity index (χ0v) is 9.30. The maximum Gasteiger partial charge on any atom is 0.261 e. The van der Waals surface area contributed by atoms with Crippen molar-refractivity contribution in [2.75, 3.05) is 13.2 Å². The molecular weight excluding hydrogens is 218 g/mol. The highest BCUT2D eigenvalue weighted by Crippen LogP contribution is 2.19. The van der Waals surface area contributed by atoms with Crippen LogP contribution >= 0.6 is 0 Å². The summed E-state index contributed by atoms with van der Waals surface area (Å²) in [4.78, 5) is 16.7. The summed E-state index contributed by atoms with van der Waals surface area (Å²) in [6, 6.07) is 7.34. The van der Waals surface area contributed by atoms with Crippen LogP contribution in [0.15, 0.2) is 29.1 Å². The maximum atomic E-state index is 12.3. The number of fused-ring (bicyclic) bond motifs is 2. The van der Waals surface area contributed by atoms with Crippen molar-refractivity contribution < 1.29 is 4.74 Å². The van der Waals surface area contributed by atoms with E-state index in [2.05, 4.69) is 4.98 Å². The van der Waals surface area contributed by atoms with E-state index < -0.39 is 0 Å². The third-order valence-corrected chi connectivity index (χ3v) is 3.03. The lowest BCUT2D eigenvalue weighted by Gasteiger charge is -2.25. The van der Waals surface area contributed by atoms with Crippen molar-refractivity contribution >= 4 is 10.9 Å². The predicted octanol–water partition coefficient (Wildman–Crippen LogP) is 0.426. The van der Waals surface area contributed by atoms with Gasteiger partial charge < -0.3 is 10.5 Å². The minimum Gasteiger partial charge on any atom is -0.367 e. The Balaban J connectivity index is 2.34. The predicted molar refractivity (Wildman–Crippen MR) is 63.8 cm³/mol. The van der Waals surface area contributed by atoms with Crippen molar-refractivity contribution in [3.8, 4) is 0 Å². The van der Waals surface area contributed by atoms with Gasteiger partial charge in [0.05, 0.1) is 24.1 Å². The van der Waals surface area contributed by atoms with Gasteiger partial charge in [0.1, 0.15) is 11.9 Å². The molecule has 0 amide bonds. The monoisotopic (exact) mass is 231 g/mol. The lowest BCUT2D eigenvalue weighted by molar-refractivity contribution is 0.0205. The van der Waals surface area contributed by atoms with Crippen LogP contribution in [0.25, 0.3) is 10.9 Å². The van der Waals surface area contributed by atoms with Crippen LogP contribution in [0.2, 0.25) is 0 Å². The molecule has 1 atom stereocenters. The molecule has 1 unspecified atom stereocenters. The maximum absolute atomic E-state index is 12.3. The molecule has 2 heterocycles. The summed E-state index contributed by atoms with van der Waals surface area (Å²) in [6.07, 6.45) is -0.277. The summed E-state index contributed by atoms with van der Waals surface area (Å²) in [5.41, 5.74) is 6.33. The molecule has 2 N–H and O–H groups in total. The molecule has 1 aliphatic heterocycles. The molecule has 0 radical (unpaired) electrons. The van der Waals surface area contributed by atoms with Gasteiger partial charge in [0.15, 0.2) is 0 Å². The average Bonchev–Trinajstić information content (AvgIpc) is 2.38. The number of para-hydroxylation sites is 1. The SMILES string of the molecule is NCC1OCCn2c1nc1ccccc1c2=O. The van der Waals surface area contributed by atoms with Crippen molar-refractivity contribution in [1.29, 1.82) is 0 Å². The molecule has 88 valence electrons. The molecule has 0 saturated carbocycles. The first-order valence-corrected chi connectivity index (χ1v) is 5.62. The highest BCUT2D eigenvalue weighted by molar-refractivity contribution is 5.77. The van der Waals surface area contributed by atoms with E-state index >= 15 is 0 Å². The Bertz CT molecular complexity index is 621. The molecule has 0 aliphatic carbocycles. The molecule has 0 bridgehead atoms. The van der Waals surface area contributed by atoms with Crippen LogP contribution in [0.1, 0.15) is 11.9 Å². The van der Waals surface area contributed by atoms with Gasteiger partial charge >= 0.3 is 0 Å². The summed E-state index contributed by atoms with van der Waals surface area (Å²) in [6.45, 7) is 1.39. The van der Waals surface area contributed by atoms with E-state index in [1.54, 1.807) is 10.6 Å². The Morgan fingerprint density at radius 2 is 2.29 bits per heavy atom. The second-order valence-electron chi connectivity index (χ2n) is 4.04. The van der Waals surface area contributed by atoms with Crippen LogP contribution in [0, 0.1) is 0 Å². The molecule has 0 saturated heterocycles. The van der Waals surface area contributed by atoms with Gasteiger partial charge in [-0.3, -0.25) is 9.36 Å². The summed E-state index contributed by atoms with van der Waals surface area (Å²) in [5, 5.41) is 0.647. The zero-order valence-electron chi connectivity index (χ0n) is 9.30. The number of nitrogens with two attached hydrogens (primary N) is 1. The lowest BCUT2D eigenvalue weighted by Crippen LogP contribution is -2.36. The molecule has 5 nitrogen and oxygen atoms in total. The van der Waals surface area contributed by atoms with Gasteiger partial charge in [0.2, 0.25) is 0 Å². The summed E-state index contributed by atoms with van der Waals surface area (Å²) < 4.78 is 7.18. The third kappa shape index (κ3) is 1.55. The fraction of sp³-hybridized carbons (Fsp3) is 0.333. The van der Waals surface area contributed by atoms with Gasteiger partial charge in [0.25, 0.3) is 5.56 Å². The number of benzene rings is 1. The topological polar surface area (TPSA) is 70.1 Å². The van der Waals surface area contributed by atoms with Gasteiger partial charge in [-0.05, 0) is 12.1 Å². The van der Waals surface area contributed by atoms with Gasteiger partial charge in [-0.2, -0.15) is 0 Å². The largest absolute Gasteiger partial charge is 0.367 e. The zero-order chi connectivity index (χ0) is 11.8. The van der Waals surface area contributed by atoms with Crippen molar-refractivity contribution in [2.24, 2.45) is 5.73 Å². The van der Waals surface area contributed by atoms with E-state index in [0.29, 0.717) is 36.4 Å². The molecule has 1 aromatic carbocycles. The molecule has 0 fully saturated rings. The standard InChI is InChI=1S/C12H13N3O2/c13-7-10-11-14-9-4-2-1-3-8(9)12(16)15(11)5-6-17-10/h1-4,10H,5-7,13H2. The van der Waals surface area contributed by atoms with Crippen LogP contribution in [0.5, 0.6) is 0 Å². The van der Waals surface area contributed by atoms with Gasteiger partial charge in [-0.25, -0.2) is 4.98 Å². The molecule has 1 aliphatic rings. The summed E-state index contributed by atoms with van der Waals surface area (Å²) in [7, 11) is 0. The van der Waals surface area contributed by atoms with Crippen LogP contribution < -0.4 is 11.3 Å². The summed E-state index contributed by atoms with van der Waals surface area (Å²) in [5.74, 6) is 0.641. The fourth-order valence-electron chi connectivity index (χ4n) is 2.18. The van der Waals surface area contributed by atoms with Crippen molar-refractivity contribution in [1.82, 2.24) is 9.55 Å². The van der Waals surface area contributed by atoms with Crippen LogP contribution in [-0.4, -0.2) is 22.7 Å². The molecule has 5 heteroatoms. The first-order valence-electron chi connectivity index (χ1n) is 5.62. The molecule has 17 heavy (non-hydrogen) atoms. The second-order valence-corrected chi connectivity index (χ2v) is 4.04. The highest BCUT2D eigenvalue weighted by Gasteiger charge is 2.23. The smallest absolute Gasteiger partial charge is 0.261 e. The average molecular weight is 231 g/mol. The van der Waals surface area contributed by atoms with Gasteiger partial charge in [-0.15, -0.1) is 0 Å². The summed E-state index contributed by atoms with van der Waals surface area (Å²) >= 11 is 0. The van der Waals surface area contributed by atoms with E-state index in [-0.39, 0.29) is 11.7 Å². The normalized spacial score (nSPS) is 19.2. The van der Waals surface area contributed by atoms with E-state index in [1.807, 2.05) is 18.2 Å². The van der Waals surface area contributed by atoms with Crippen molar-refractivity contribution in [3.63, 3.8) is 0 Å². The number of hydrogen-bond donors (Lipinski definition) is 1. The van der Waals surface area contributed by atoms with E-state index in [1.165, 1.54) is 0 Å². The first-order chi connectivity index (χ1) is 8.31. The number of aromatic nitrogens is 2. The Morgan fingerprint density at radius 1 is 1.47 bits per heavy atom. The first kappa shape index (κ1) is 10.4. The molecule has 2 aromatic rings. The second kappa shape index (κ2) is 3.94. The Hall–Kier alpha value is -1.72. The highest BCUT2D eigenvalue weighted by atomic mass is 16.5. The van der Waals surface area contributed by atoms with Crippen molar-refractivity contribution in [3.05, 3.63) is 40.4 Å². The minimum atomic E-state index is -0.277. The van der Waals surface area contributed by atoms with Crippen LogP contribution in [0.3, 0.4) is 0 Å². The Labute approximate surface area is 97.8 Å². The number of nitrogens with zero attached hydrogens (tertiary/aromatic N) is 2. The molecular formula is C12H13N3O2. The number of rotatable bonds is 1. The lowest BCUT2D eigenvalue weighted by atomic mass is 10.2. The third-order valence-electron chi connectivity index (χ3n) is 3.03.